The maximum atomic E-state index is 13.8. The van der Waals surface area contributed by atoms with Crippen LogP contribution in [0.25, 0.3) is 10.9 Å². The molecule has 2 heterocycles. The summed E-state index contributed by atoms with van der Waals surface area (Å²) in [5, 5.41) is 3.24. The molecule has 0 radical (unpaired) electrons. The summed E-state index contributed by atoms with van der Waals surface area (Å²) < 4.78 is 32.6. The average molecular weight is 329 g/mol. The summed E-state index contributed by atoms with van der Waals surface area (Å²) in [6, 6.07) is 2.80. The Morgan fingerprint density at radius 3 is 2.86 bits per heavy atom. The summed E-state index contributed by atoms with van der Waals surface area (Å²) in [5.41, 5.74) is 0.204. The minimum Gasteiger partial charge on any atom is -0.380 e. The van der Waals surface area contributed by atoms with Gasteiger partial charge >= 0.3 is 0 Å². The van der Waals surface area contributed by atoms with Crippen LogP contribution in [-0.2, 0) is 4.74 Å². The number of methoxy groups -OCH3 is 1. The highest BCUT2D eigenvalue weighted by Crippen LogP contribution is 2.28. The van der Waals surface area contributed by atoms with E-state index in [1.165, 1.54) is 12.1 Å². The number of carbonyl (C=O) groups is 1. The number of fused-ring (bicyclic) bond motifs is 1. The van der Waals surface area contributed by atoms with Crippen LogP contribution in [0.4, 0.5) is 8.78 Å². The van der Waals surface area contributed by atoms with Crippen molar-refractivity contribution in [1.82, 2.24) is 10.3 Å². The fourth-order valence-corrected chi connectivity index (χ4v) is 3.07. The van der Waals surface area contributed by atoms with Crippen molar-refractivity contribution in [3.05, 3.63) is 34.5 Å². The molecule has 22 heavy (non-hydrogen) atoms. The van der Waals surface area contributed by atoms with E-state index in [2.05, 4.69) is 10.3 Å². The van der Waals surface area contributed by atoms with E-state index < -0.39 is 11.6 Å². The Morgan fingerprint density at radius 2 is 2.14 bits per heavy atom. The molecule has 0 spiro atoms. The van der Waals surface area contributed by atoms with Gasteiger partial charge in [0.15, 0.2) is 17.4 Å². The van der Waals surface area contributed by atoms with Gasteiger partial charge in [0.2, 0.25) is 0 Å². The third-order valence-electron chi connectivity index (χ3n) is 4.08. The van der Waals surface area contributed by atoms with Crippen LogP contribution >= 0.6 is 11.6 Å². The van der Waals surface area contributed by atoms with Crippen LogP contribution in [0, 0.1) is 17.6 Å². The first-order chi connectivity index (χ1) is 10.5. The van der Waals surface area contributed by atoms with Crippen molar-refractivity contribution in [2.45, 2.75) is 12.5 Å². The standard InChI is InChI=1S/C15H15ClF2N2O2/c1-22-12-6-19-5-8(12)4-11(21)10-3-7-2-9(16)13(17)14(18)15(7)20-10/h2-3,8,12,19-20H,4-6H2,1H3/t8-,12-/m1/s1. The Kier molecular flexibility index (Phi) is 4.16. The van der Waals surface area contributed by atoms with E-state index in [1.807, 2.05) is 0 Å². The zero-order chi connectivity index (χ0) is 15.9. The van der Waals surface area contributed by atoms with Gasteiger partial charge in [-0.25, -0.2) is 8.78 Å². The van der Waals surface area contributed by atoms with E-state index in [1.54, 1.807) is 7.11 Å². The number of carbonyl (C=O) groups excluding carboxylic acids is 1. The lowest BCUT2D eigenvalue weighted by Crippen LogP contribution is -2.23. The van der Waals surface area contributed by atoms with Gasteiger partial charge in [0.05, 0.1) is 22.3 Å². The molecule has 0 bridgehead atoms. The largest absolute Gasteiger partial charge is 0.380 e. The quantitative estimate of drug-likeness (QED) is 0.670. The highest BCUT2D eigenvalue weighted by atomic mass is 35.5. The van der Waals surface area contributed by atoms with Crippen molar-refractivity contribution < 1.29 is 18.3 Å². The Labute approximate surface area is 130 Å². The molecule has 2 atom stereocenters. The number of benzene rings is 1. The molecule has 0 aliphatic carbocycles. The normalized spacial score (nSPS) is 21.6. The molecule has 0 amide bonds. The van der Waals surface area contributed by atoms with Gasteiger partial charge in [-0.15, -0.1) is 0 Å². The predicted molar refractivity (Wildman–Crippen MR) is 79.3 cm³/mol. The van der Waals surface area contributed by atoms with Gasteiger partial charge in [0.1, 0.15) is 0 Å². The molecule has 7 heteroatoms. The first kappa shape index (κ1) is 15.4. The lowest BCUT2D eigenvalue weighted by molar-refractivity contribution is 0.0707. The summed E-state index contributed by atoms with van der Waals surface area (Å²) >= 11 is 5.62. The van der Waals surface area contributed by atoms with E-state index in [9.17, 15) is 13.6 Å². The number of hydrogen-bond acceptors (Lipinski definition) is 3. The number of nitrogens with one attached hydrogen (secondary N) is 2. The van der Waals surface area contributed by atoms with Crippen molar-refractivity contribution in [2.24, 2.45) is 5.92 Å². The van der Waals surface area contributed by atoms with Crippen LogP contribution in [0.3, 0.4) is 0 Å². The molecule has 0 unspecified atom stereocenters. The number of ether oxygens (including phenoxy) is 1. The molecule has 3 rings (SSSR count). The van der Waals surface area contributed by atoms with Gasteiger partial charge in [0, 0.05) is 37.9 Å². The Bertz CT molecular complexity index is 732. The lowest BCUT2D eigenvalue weighted by Gasteiger charge is -2.15. The molecular formula is C15H15ClF2N2O2. The summed E-state index contributed by atoms with van der Waals surface area (Å²) in [7, 11) is 1.61. The smallest absolute Gasteiger partial charge is 0.184 e. The van der Waals surface area contributed by atoms with E-state index in [4.69, 9.17) is 16.3 Å². The van der Waals surface area contributed by atoms with Crippen LogP contribution in [0.15, 0.2) is 12.1 Å². The number of H-pyrrole nitrogens is 1. The summed E-state index contributed by atoms with van der Waals surface area (Å²) in [5.74, 6) is -2.29. The molecule has 4 nitrogen and oxygen atoms in total. The second-order valence-corrected chi connectivity index (χ2v) is 5.86. The van der Waals surface area contributed by atoms with Crippen molar-refractivity contribution in [3.8, 4) is 0 Å². The molecule has 1 aromatic heterocycles. The van der Waals surface area contributed by atoms with Crippen LogP contribution in [0.2, 0.25) is 5.02 Å². The summed E-state index contributed by atoms with van der Waals surface area (Å²) in [4.78, 5) is 15.0. The molecule has 1 aliphatic heterocycles. The van der Waals surface area contributed by atoms with Crippen molar-refractivity contribution in [1.29, 1.82) is 0 Å². The lowest BCUT2D eigenvalue weighted by atomic mass is 9.98. The maximum Gasteiger partial charge on any atom is 0.184 e. The molecule has 118 valence electrons. The van der Waals surface area contributed by atoms with Gasteiger partial charge in [-0.1, -0.05) is 11.6 Å². The fraction of sp³-hybridized carbons (Fsp3) is 0.400. The van der Waals surface area contributed by atoms with E-state index in [0.29, 0.717) is 18.5 Å². The highest BCUT2D eigenvalue weighted by molar-refractivity contribution is 6.31. The summed E-state index contributed by atoms with van der Waals surface area (Å²) in [6.07, 6.45) is 0.257. The van der Waals surface area contributed by atoms with Crippen molar-refractivity contribution in [3.63, 3.8) is 0 Å². The molecule has 0 saturated carbocycles. The van der Waals surface area contributed by atoms with Crippen LogP contribution in [-0.4, -0.2) is 37.1 Å². The van der Waals surface area contributed by atoms with Gasteiger partial charge in [0.25, 0.3) is 0 Å². The second kappa shape index (κ2) is 5.95. The third kappa shape index (κ3) is 2.62. The average Bonchev–Trinajstić information content (AvgIpc) is 3.11. The third-order valence-corrected chi connectivity index (χ3v) is 4.36. The number of aromatic amines is 1. The zero-order valence-electron chi connectivity index (χ0n) is 11.9. The monoisotopic (exact) mass is 328 g/mol. The Hall–Kier alpha value is -1.50. The number of halogens is 3. The first-order valence-electron chi connectivity index (χ1n) is 6.94. The minimum atomic E-state index is -1.12. The predicted octanol–water partition coefficient (Wildman–Crippen LogP) is 2.91. The molecular weight excluding hydrogens is 314 g/mol. The zero-order valence-corrected chi connectivity index (χ0v) is 12.6. The molecule has 1 saturated heterocycles. The van der Waals surface area contributed by atoms with E-state index in [0.717, 1.165) is 0 Å². The van der Waals surface area contributed by atoms with Crippen molar-refractivity contribution >= 4 is 28.3 Å². The van der Waals surface area contributed by atoms with Crippen LogP contribution < -0.4 is 5.32 Å². The first-order valence-corrected chi connectivity index (χ1v) is 7.32. The highest BCUT2D eigenvalue weighted by Gasteiger charge is 2.29. The number of ketones is 1. The van der Waals surface area contributed by atoms with Crippen LogP contribution in [0.1, 0.15) is 16.9 Å². The van der Waals surface area contributed by atoms with Crippen LogP contribution in [0.5, 0.6) is 0 Å². The SMILES string of the molecule is CO[C@@H]1CNC[C@H]1CC(=O)c1cc2cc(Cl)c(F)c(F)c2[nH]1. The molecule has 2 aromatic rings. The van der Waals surface area contributed by atoms with Gasteiger partial charge in [-0.3, -0.25) is 4.79 Å². The van der Waals surface area contributed by atoms with Gasteiger partial charge < -0.3 is 15.0 Å². The number of aromatic nitrogens is 1. The number of Topliss-reactive ketones (excluding diaryl/α,β-unsaturated/α-hetero) is 1. The van der Waals surface area contributed by atoms with Gasteiger partial charge in [-0.2, -0.15) is 0 Å². The minimum absolute atomic E-state index is 0.0167. The molecule has 1 aromatic carbocycles. The summed E-state index contributed by atoms with van der Waals surface area (Å²) in [6.45, 7) is 1.40. The Balaban J connectivity index is 1.87. The Morgan fingerprint density at radius 1 is 1.36 bits per heavy atom. The fourth-order valence-electron chi connectivity index (χ4n) is 2.87. The topological polar surface area (TPSA) is 54.1 Å². The molecule has 2 N–H and O–H groups in total. The molecule has 1 fully saturated rings. The molecule has 1 aliphatic rings. The van der Waals surface area contributed by atoms with Crippen molar-refractivity contribution in [2.75, 3.05) is 20.2 Å². The second-order valence-electron chi connectivity index (χ2n) is 5.45. The van der Waals surface area contributed by atoms with E-state index >= 15 is 0 Å². The maximum absolute atomic E-state index is 13.8. The van der Waals surface area contributed by atoms with E-state index in [-0.39, 0.29) is 40.5 Å². The number of hydrogen-bond donors (Lipinski definition) is 2. The van der Waals surface area contributed by atoms with Gasteiger partial charge in [-0.05, 0) is 12.1 Å². The number of rotatable bonds is 4.